The molecule has 0 bridgehead atoms. The summed E-state index contributed by atoms with van der Waals surface area (Å²) < 4.78 is 17.6. The van der Waals surface area contributed by atoms with Crippen LogP contribution in [0.3, 0.4) is 0 Å². The minimum atomic E-state index is -0.356. The van der Waals surface area contributed by atoms with E-state index in [1.165, 1.54) is 31.4 Å². The van der Waals surface area contributed by atoms with E-state index in [2.05, 4.69) is 0 Å². The Morgan fingerprint density at radius 2 is 2.00 bits per heavy atom. The number of carbonyl (C=O) groups is 1. The van der Waals surface area contributed by atoms with E-state index in [1.807, 2.05) is 0 Å². The Balaban J connectivity index is 2.73. The van der Waals surface area contributed by atoms with Crippen molar-refractivity contribution in [3.63, 3.8) is 0 Å². The minimum absolute atomic E-state index is 0.0930. The number of benzene rings is 1. The molecule has 0 saturated heterocycles. The van der Waals surface area contributed by atoms with Crippen molar-refractivity contribution in [1.29, 1.82) is 0 Å². The zero-order valence-electron chi connectivity index (χ0n) is 9.44. The fourth-order valence-electron chi connectivity index (χ4n) is 1.41. The van der Waals surface area contributed by atoms with Gasteiger partial charge in [0.1, 0.15) is 5.82 Å². The Bertz CT molecular complexity index is 351. The van der Waals surface area contributed by atoms with E-state index in [4.69, 9.17) is 10.5 Å². The van der Waals surface area contributed by atoms with Gasteiger partial charge in [-0.1, -0.05) is 6.92 Å². The fourth-order valence-corrected chi connectivity index (χ4v) is 1.41. The zero-order chi connectivity index (χ0) is 12.1. The van der Waals surface area contributed by atoms with Gasteiger partial charge in [0, 0.05) is 24.6 Å². The van der Waals surface area contributed by atoms with Crippen LogP contribution in [-0.4, -0.2) is 25.5 Å². The van der Waals surface area contributed by atoms with Crippen LogP contribution < -0.4 is 5.73 Å². The van der Waals surface area contributed by atoms with Gasteiger partial charge in [-0.25, -0.2) is 4.39 Å². The van der Waals surface area contributed by atoms with Crippen molar-refractivity contribution in [3.05, 3.63) is 35.6 Å². The molecule has 0 aliphatic rings. The van der Waals surface area contributed by atoms with Gasteiger partial charge in [0.05, 0.1) is 6.61 Å². The van der Waals surface area contributed by atoms with Crippen molar-refractivity contribution in [3.8, 4) is 0 Å². The van der Waals surface area contributed by atoms with Crippen LogP contribution in [0, 0.1) is 11.7 Å². The lowest BCUT2D eigenvalue weighted by molar-refractivity contribution is 0.0866. The number of halogens is 1. The summed E-state index contributed by atoms with van der Waals surface area (Å²) in [5.74, 6) is -0.791. The first-order valence-electron chi connectivity index (χ1n) is 5.10. The summed E-state index contributed by atoms with van der Waals surface area (Å²) >= 11 is 0. The van der Waals surface area contributed by atoms with Crippen LogP contribution in [0.25, 0.3) is 0 Å². The molecule has 2 N–H and O–H groups in total. The Morgan fingerprint density at radius 3 is 2.50 bits per heavy atom. The maximum atomic E-state index is 12.7. The molecule has 0 aromatic heterocycles. The highest BCUT2D eigenvalue weighted by atomic mass is 19.1. The van der Waals surface area contributed by atoms with Gasteiger partial charge >= 0.3 is 0 Å². The molecule has 0 saturated carbocycles. The largest absolute Gasteiger partial charge is 0.383 e. The second-order valence-corrected chi connectivity index (χ2v) is 3.78. The molecular weight excluding hydrogens is 209 g/mol. The number of ketones is 1. The van der Waals surface area contributed by atoms with Crippen LogP contribution in [0.2, 0.25) is 0 Å². The zero-order valence-corrected chi connectivity index (χ0v) is 9.44. The summed E-state index contributed by atoms with van der Waals surface area (Å²) in [6.07, 6.45) is 0. The third-order valence-electron chi connectivity index (χ3n) is 2.54. The summed E-state index contributed by atoms with van der Waals surface area (Å²) in [5.41, 5.74) is 6.25. The number of ether oxygens (including phenoxy) is 1. The van der Waals surface area contributed by atoms with Gasteiger partial charge in [-0.05, 0) is 24.3 Å². The topological polar surface area (TPSA) is 52.3 Å². The van der Waals surface area contributed by atoms with Crippen molar-refractivity contribution >= 4 is 5.78 Å². The molecule has 0 spiro atoms. The second-order valence-electron chi connectivity index (χ2n) is 3.78. The van der Waals surface area contributed by atoms with Crippen molar-refractivity contribution in [2.45, 2.75) is 13.0 Å². The number of hydrogen-bond donors (Lipinski definition) is 1. The maximum absolute atomic E-state index is 12.7. The molecule has 0 aliphatic heterocycles. The number of methoxy groups -OCH3 is 1. The van der Waals surface area contributed by atoms with Crippen molar-refractivity contribution < 1.29 is 13.9 Å². The van der Waals surface area contributed by atoms with Gasteiger partial charge in [-0.15, -0.1) is 0 Å². The molecular formula is C12H16FNO2. The lowest BCUT2D eigenvalue weighted by atomic mass is 9.93. The molecule has 1 rings (SSSR count). The molecule has 3 nitrogen and oxygen atoms in total. The quantitative estimate of drug-likeness (QED) is 0.775. The second kappa shape index (κ2) is 5.72. The molecule has 1 aromatic carbocycles. The average molecular weight is 225 g/mol. The number of carbonyl (C=O) groups excluding carboxylic acids is 1. The first kappa shape index (κ1) is 12.8. The van der Waals surface area contributed by atoms with E-state index in [1.54, 1.807) is 6.92 Å². The summed E-state index contributed by atoms with van der Waals surface area (Å²) in [6, 6.07) is 5.12. The van der Waals surface area contributed by atoms with Crippen molar-refractivity contribution in [2.24, 2.45) is 11.7 Å². The SMILES string of the molecule is COCC(N)C(C)C(=O)c1ccc(F)cc1. The molecule has 4 heteroatoms. The number of hydrogen-bond acceptors (Lipinski definition) is 3. The van der Waals surface area contributed by atoms with E-state index in [9.17, 15) is 9.18 Å². The van der Waals surface area contributed by atoms with Gasteiger partial charge in [0.2, 0.25) is 0 Å². The van der Waals surface area contributed by atoms with E-state index >= 15 is 0 Å². The molecule has 0 amide bonds. The van der Waals surface area contributed by atoms with Crippen LogP contribution in [0.1, 0.15) is 17.3 Å². The van der Waals surface area contributed by atoms with E-state index in [0.29, 0.717) is 12.2 Å². The Labute approximate surface area is 94.4 Å². The number of rotatable bonds is 5. The molecule has 0 heterocycles. The highest BCUT2D eigenvalue weighted by Crippen LogP contribution is 2.12. The van der Waals surface area contributed by atoms with Gasteiger partial charge in [-0.3, -0.25) is 4.79 Å². The van der Waals surface area contributed by atoms with E-state index < -0.39 is 0 Å². The van der Waals surface area contributed by atoms with Crippen molar-refractivity contribution in [1.82, 2.24) is 0 Å². The maximum Gasteiger partial charge on any atom is 0.167 e. The molecule has 16 heavy (non-hydrogen) atoms. The molecule has 0 aliphatic carbocycles. The lowest BCUT2D eigenvalue weighted by Gasteiger charge is -2.17. The smallest absolute Gasteiger partial charge is 0.167 e. The average Bonchev–Trinajstić information content (AvgIpc) is 2.28. The van der Waals surface area contributed by atoms with Gasteiger partial charge in [0.15, 0.2) is 5.78 Å². The van der Waals surface area contributed by atoms with Crippen LogP contribution in [0.4, 0.5) is 4.39 Å². The van der Waals surface area contributed by atoms with Gasteiger partial charge < -0.3 is 10.5 Å². The molecule has 2 atom stereocenters. The predicted molar refractivity (Wildman–Crippen MR) is 59.7 cm³/mol. The Morgan fingerprint density at radius 1 is 1.44 bits per heavy atom. The highest BCUT2D eigenvalue weighted by Gasteiger charge is 2.21. The Hall–Kier alpha value is -1.26. The van der Waals surface area contributed by atoms with Gasteiger partial charge in [-0.2, -0.15) is 0 Å². The summed E-state index contributed by atoms with van der Waals surface area (Å²) in [7, 11) is 1.54. The third kappa shape index (κ3) is 3.12. The fraction of sp³-hybridized carbons (Fsp3) is 0.417. The summed E-state index contributed by atoms with van der Waals surface area (Å²) in [4.78, 5) is 11.9. The van der Waals surface area contributed by atoms with E-state index in [0.717, 1.165) is 0 Å². The van der Waals surface area contributed by atoms with Crippen molar-refractivity contribution in [2.75, 3.05) is 13.7 Å². The van der Waals surface area contributed by atoms with Crippen LogP contribution in [0.15, 0.2) is 24.3 Å². The molecule has 0 radical (unpaired) electrons. The molecule has 88 valence electrons. The Kier molecular flexibility index (Phi) is 4.58. The predicted octanol–water partition coefficient (Wildman–Crippen LogP) is 1.62. The van der Waals surface area contributed by atoms with Crippen LogP contribution in [0.5, 0.6) is 0 Å². The monoisotopic (exact) mass is 225 g/mol. The highest BCUT2D eigenvalue weighted by molar-refractivity contribution is 5.98. The minimum Gasteiger partial charge on any atom is -0.383 e. The first-order chi connectivity index (χ1) is 7.56. The van der Waals surface area contributed by atoms with Gasteiger partial charge in [0.25, 0.3) is 0 Å². The van der Waals surface area contributed by atoms with Crippen LogP contribution >= 0.6 is 0 Å². The number of nitrogens with two attached hydrogens (primary N) is 1. The molecule has 2 unspecified atom stereocenters. The lowest BCUT2D eigenvalue weighted by Crippen LogP contribution is -2.37. The first-order valence-corrected chi connectivity index (χ1v) is 5.10. The molecule has 1 aromatic rings. The summed E-state index contributed by atoms with van der Waals surface area (Å²) in [5, 5.41) is 0. The number of Topliss-reactive ketones (excluding diaryl/α,β-unsaturated/α-hetero) is 1. The normalized spacial score (nSPS) is 14.5. The summed E-state index contributed by atoms with van der Waals surface area (Å²) in [6.45, 7) is 2.07. The third-order valence-corrected chi connectivity index (χ3v) is 2.54. The standard InChI is InChI=1S/C12H16FNO2/c1-8(11(14)7-16-2)12(15)9-3-5-10(13)6-4-9/h3-6,8,11H,7,14H2,1-2H3. The molecule has 0 fully saturated rings. The van der Waals surface area contributed by atoms with Crippen LogP contribution in [-0.2, 0) is 4.74 Å². The van der Waals surface area contributed by atoms with E-state index in [-0.39, 0.29) is 23.6 Å².